The fourth-order valence-corrected chi connectivity index (χ4v) is 2.99. The highest BCUT2D eigenvalue weighted by atomic mass is 32.2. The van der Waals surface area contributed by atoms with Gasteiger partial charge >= 0.3 is 6.03 Å². The molecule has 1 saturated heterocycles. The van der Waals surface area contributed by atoms with E-state index in [0.29, 0.717) is 11.3 Å². The zero-order chi connectivity index (χ0) is 16.8. The summed E-state index contributed by atoms with van der Waals surface area (Å²) < 4.78 is 0. The lowest BCUT2D eigenvalue weighted by Gasteiger charge is -2.34. The topological polar surface area (TPSA) is 78.7 Å². The molecule has 0 unspecified atom stereocenters. The van der Waals surface area contributed by atoms with Gasteiger partial charge in [-0.25, -0.2) is 4.79 Å². The molecule has 1 aliphatic rings. The van der Waals surface area contributed by atoms with Crippen LogP contribution in [0.2, 0.25) is 0 Å². The van der Waals surface area contributed by atoms with Gasteiger partial charge in [0, 0.05) is 49.7 Å². The lowest BCUT2D eigenvalue weighted by Crippen LogP contribution is -2.50. The maximum absolute atomic E-state index is 12.4. The van der Waals surface area contributed by atoms with Crippen LogP contribution >= 0.6 is 11.8 Å². The smallest absolute Gasteiger partial charge is 0.321 e. The number of aryl methyl sites for hydroxylation is 1. The van der Waals surface area contributed by atoms with Gasteiger partial charge in [-0.15, -0.1) is 0 Å². The lowest BCUT2D eigenvalue weighted by atomic mass is 10.1. The van der Waals surface area contributed by atoms with Gasteiger partial charge in [-0.2, -0.15) is 11.8 Å². The number of rotatable bonds is 5. The van der Waals surface area contributed by atoms with E-state index in [1.807, 2.05) is 23.6 Å². The summed E-state index contributed by atoms with van der Waals surface area (Å²) in [5.74, 6) is 0.657. The minimum atomic E-state index is -0.465. The van der Waals surface area contributed by atoms with E-state index in [1.54, 1.807) is 18.2 Å². The number of primary amides is 1. The zero-order valence-corrected chi connectivity index (χ0v) is 14.5. The number of nitrogens with one attached hydrogen (secondary N) is 1. The molecule has 0 aromatic heterocycles. The molecule has 0 radical (unpaired) electrons. The van der Waals surface area contributed by atoms with Crippen LogP contribution in [-0.4, -0.2) is 66.5 Å². The Kier molecular flexibility index (Phi) is 6.29. The minimum absolute atomic E-state index is 0.0931. The van der Waals surface area contributed by atoms with Gasteiger partial charge in [0.2, 0.25) is 5.91 Å². The molecule has 6 nitrogen and oxygen atoms in total. The summed E-state index contributed by atoms with van der Waals surface area (Å²) in [6.07, 6.45) is 2.11. The molecular formula is C16H24N4O2S. The number of urea groups is 1. The van der Waals surface area contributed by atoms with Crippen molar-refractivity contribution in [1.82, 2.24) is 9.80 Å². The molecule has 0 bridgehead atoms. The zero-order valence-electron chi connectivity index (χ0n) is 13.7. The van der Waals surface area contributed by atoms with Crippen LogP contribution in [0.25, 0.3) is 0 Å². The second-order valence-electron chi connectivity index (χ2n) is 5.65. The van der Waals surface area contributed by atoms with Gasteiger partial charge in [-0.05, 0) is 36.9 Å². The first-order chi connectivity index (χ1) is 11.0. The second kappa shape index (κ2) is 8.21. The summed E-state index contributed by atoms with van der Waals surface area (Å²) in [5, 5.41) is 2.92. The Bertz CT molecular complexity index is 571. The highest BCUT2D eigenvalue weighted by molar-refractivity contribution is 7.98. The third-order valence-electron chi connectivity index (χ3n) is 4.02. The first kappa shape index (κ1) is 17.6. The molecular weight excluding hydrogens is 312 g/mol. The van der Waals surface area contributed by atoms with E-state index in [0.717, 1.165) is 44.0 Å². The quantitative estimate of drug-likeness (QED) is 0.856. The molecule has 0 atom stereocenters. The van der Waals surface area contributed by atoms with Crippen LogP contribution in [0.3, 0.4) is 0 Å². The molecule has 126 valence electrons. The average Bonchev–Trinajstić information content (AvgIpc) is 2.55. The summed E-state index contributed by atoms with van der Waals surface area (Å²) in [6.45, 7) is 6.21. The Morgan fingerprint density at radius 1 is 1.26 bits per heavy atom. The molecule has 3 amide bonds. The van der Waals surface area contributed by atoms with Gasteiger partial charge in [0.1, 0.15) is 0 Å². The Morgan fingerprint density at radius 3 is 2.52 bits per heavy atom. The number of anilines is 1. The van der Waals surface area contributed by atoms with Gasteiger partial charge in [-0.1, -0.05) is 0 Å². The van der Waals surface area contributed by atoms with Gasteiger partial charge in [0.05, 0.1) is 0 Å². The second-order valence-corrected chi connectivity index (χ2v) is 6.63. The summed E-state index contributed by atoms with van der Waals surface area (Å²) >= 11 is 1.84. The fourth-order valence-electron chi connectivity index (χ4n) is 2.55. The predicted octanol–water partition coefficient (Wildman–Crippen LogP) is 1.61. The maximum atomic E-state index is 12.4. The number of carbonyl (C=O) groups excluding carboxylic acids is 2. The molecule has 1 aromatic rings. The standard InChI is InChI=1S/C16H24N4O2S/c1-12-11-13(15(17)21)3-4-14(12)18-16(22)20-7-5-19(6-8-20)9-10-23-2/h3-4,11H,5-10H2,1-2H3,(H2,17,21)(H,18,22). The van der Waals surface area contributed by atoms with E-state index in [2.05, 4.69) is 16.5 Å². The number of nitrogens with two attached hydrogens (primary N) is 1. The SMILES string of the molecule is CSCCN1CCN(C(=O)Nc2ccc(C(N)=O)cc2C)CC1. The van der Waals surface area contributed by atoms with Gasteiger partial charge in [-0.3, -0.25) is 9.69 Å². The molecule has 0 saturated carbocycles. The predicted molar refractivity (Wildman–Crippen MR) is 95.1 cm³/mol. The van der Waals surface area contributed by atoms with Crippen molar-refractivity contribution >= 4 is 29.4 Å². The molecule has 1 aliphatic heterocycles. The first-order valence-corrected chi connectivity index (χ1v) is 9.08. The van der Waals surface area contributed by atoms with Crippen molar-refractivity contribution in [2.45, 2.75) is 6.92 Å². The van der Waals surface area contributed by atoms with Crippen LogP contribution in [0.15, 0.2) is 18.2 Å². The Labute approximate surface area is 141 Å². The molecule has 23 heavy (non-hydrogen) atoms. The molecule has 1 fully saturated rings. The van der Waals surface area contributed by atoms with Gasteiger partial charge in [0.25, 0.3) is 0 Å². The fraction of sp³-hybridized carbons (Fsp3) is 0.500. The van der Waals surface area contributed by atoms with E-state index < -0.39 is 5.91 Å². The van der Waals surface area contributed by atoms with Gasteiger partial charge < -0.3 is 16.0 Å². The Balaban J connectivity index is 1.89. The first-order valence-electron chi connectivity index (χ1n) is 7.69. The molecule has 0 aliphatic carbocycles. The minimum Gasteiger partial charge on any atom is -0.366 e. The monoisotopic (exact) mass is 336 g/mol. The number of thioether (sulfide) groups is 1. The molecule has 3 N–H and O–H groups in total. The molecule has 1 heterocycles. The van der Waals surface area contributed by atoms with Crippen LogP contribution in [0.1, 0.15) is 15.9 Å². The van der Waals surface area contributed by atoms with Crippen LogP contribution in [0.4, 0.5) is 10.5 Å². The summed E-state index contributed by atoms with van der Waals surface area (Å²) in [4.78, 5) is 27.7. The van der Waals surface area contributed by atoms with Crippen molar-refractivity contribution in [2.75, 3.05) is 50.0 Å². The maximum Gasteiger partial charge on any atom is 0.321 e. The van der Waals surface area contributed by atoms with Crippen molar-refractivity contribution in [3.8, 4) is 0 Å². The van der Waals surface area contributed by atoms with Crippen LogP contribution < -0.4 is 11.1 Å². The number of hydrogen-bond acceptors (Lipinski definition) is 4. The molecule has 2 rings (SSSR count). The van der Waals surface area contributed by atoms with Crippen molar-refractivity contribution in [3.63, 3.8) is 0 Å². The highest BCUT2D eigenvalue weighted by Gasteiger charge is 2.21. The van der Waals surface area contributed by atoms with Crippen LogP contribution in [0, 0.1) is 6.92 Å². The molecule has 0 spiro atoms. The third-order valence-corrected chi connectivity index (χ3v) is 4.61. The highest BCUT2D eigenvalue weighted by Crippen LogP contribution is 2.17. The van der Waals surface area contributed by atoms with Crippen LogP contribution in [0.5, 0.6) is 0 Å². The number of amides is 3. The van der Waals surface area contributed by atoms with Crippen molar-refractivity contribution in [1.29, 1.82) is 0 Å². The molecule has 1 aromatic carbocycles. The van der Waals surface area contributed by atoms with E-state index in [9.17, 15) is 9.59 Å². The summed E-state index contributed by atoms with van der Waals surface area (Å²) in [5.41, 5.74) is 7.24. The van der Waals surface area contributed by atoms with Crippen molar-refractivity contribution in [2.24, 2.45) is 5.73 Å². The summed E-state index contributed by atoms with van der Waals surface area (Å²) in [6, 6.07) is 4.95. The van der Waals surface area contributed by atoms with E-state index in [-0.39, 0.29) is 6.03 Å². The van der Waals surface area contributed by atoms with Crippen molar-refractivity contribution in [3.05, 3.63) is 29.3 Å². The average molecular weight is 336 g/mol. The van der Waals surface area contributed by atoms with E-state index in [1.165, 1.54) is 0 Å². The summed E-state index contributed by atoms with van der Waals surface area (Å²) in [7, 11) is 0. The molecule has 7 heteroatoms. The normalized spacial score (nSPS) is 15.5. The lowest BCUT2D eigenvalue weighted by molar-refractivity contribution is 0.1000. The van der Waals surface area contributed by atoms with E-state index in [4.69, 9.17) is 5.73 Å². The number of carbonyl (C=O) groups is 2. The number of benzene rings is 1. The number of hydrogen-bond donors (Lipinski definition) is 2. The largest absolute Gasteiger partial charge is 0.366 e. The number of nitrogens with zero attached hydrogens (tertiary/aromatic N) is 2. The Hall–Kier alpha value is -1.73. The van der Waals surface area contributed by atoms with Crippen LogP contribution in [-0.2, 0) is 0 Å². The number of piperazine rings is 1. The third kappa shape index (κ3) is 4.87. The van der Waals surface area contributed by atoms with Gasteiger partial charge in [0.15, 0.2) is 0 Å². The van der Waals surface area contributed by atoms with Crippen molar-refractivity contribution < 1.29 is 9.59 Å². The van der Waals surface area contributed by atoms with E-state index >= 15 is 0 Å². The Morgan fingerprint density at radius 2 is 1.96 bits per heavy atom.